The highest BCUT2D eigenvalue weighted by atomic mass is 31.2. The van der Waals surface area contributed by atoms with E-state index in [1.165, 1.54) is 0 Å². The van der Waals surface area contributed by atoms with Crippen LogP contribution in [0, 0.1) is 0 Å². The third-order valence-electron chi connectivity index (χ3n) is 2.33. The molecule has 0 saturated heterocycles. The fourth-order valence-electron chi connectivity index (χ4n) is 0.823. The number of hydrogen-bond donors (Lipinski definition) is 2. The summed E-state index contributed by atoms with van der Waals surface area (Å²) in [5, 5.41) is 0. The minimum atomic E-state index is -5.06. The Kier molecular flexibility index (Phi) is 4.90. The molecule has 0 amide bonds. The number of carbonyl (C=O) groups excluding carboxylic acids is 1. The van der Waals surface area contributed by atoms with Gasteiger partial charge in [-0.05, 0) is 19.8 Å². The lowest BCUT2D eigenvalue weighted by atomic mass is 10.0. The predicted molar refractivity (Wildman–Crippen MR) is 52.0 cm³/mol. The van der Waals surface area contributed by atoms with E-state index in [4.69, 9.17) is 14.5 Å². The van der Waals surface area contributed by atoms with Gasteiger partial charge in [0.25, 0.3) is 5.91 Å². The zero-order valence-corrected chi connectivity index (χ0v) is 9.83. The van der Waals surface area contributed by atoms with Crippen molar-refractivity contribution >= 4 is 13.6 Å². The molecule has 1 atom stereocenters. The SMILES string of the molecule is CCC(C)(CC)OC(=O)C(F)P(=O)(O)O. The van der Waals surface area contributed by atoms with Gasteiger partial charge in [-0.25, -0.2) is 9.18 Å². The Morgan fingerprint density at radius 2 is 1.87 bits per heavy atom. The van der Waals surface area contributed by atoms with Crippen molar-refractivity contribution in [2.75, 3.05) is 0 Å². The Morgan fingerprint density at radius 1 is 1.47 bits per heavy atom. The van der Waals surface area contributed by atoms with E-state index in [1.54, 1.807) is 20.8 Å². The van der Waals surface area contributed by atoms with Crippen LogP contribution >= 0.6 is 7.60 Å². The molecule has 0 spiro atoms. The number of carbonyl (C=O) groups is 1. The van der Waals surface area contributed by atoms with Crippen molar-refractivity contribution in [1.82, 2.24) is 0 Å². The molecule has 0 aliphatic carbocycles. The van der Waals surface area contributed by atoms with Gasteiger partial charge in [0.1, 0.15) is 5.60 Å². The third-order valence-corrected chi connectivity index (χ3v) is 3.13. The second-order valence-corrected chi connectivity index (χ2v) is 5.13. The molecule has 0 heterocycles. The number of esters is 1. The number of halogens is 1. The summed E-state index contributed by atoms with van der Waals surface area (Å²) >= 11 is 0. The highest BCUT2D eigenvalue weighted by molar-refractivity contribution is 7.53. The van der Waals surface area contributed by atoms with E-state index in [2.05, 4.69) is 0 Å². The molecule has 0 aliphatic rings. The summed E-state index contributed by atoms with van der Waals surface area (Å²) < 4.78 is 28.0. The Bertz CT molecular complexity index is 270. The van der Waals surface area contributed by atoms with Crippen molar-refractivity contribution in [3.63, 3.8) is 0 Å². The van der Waals surface area contributed by atoms with Crippen molar-refractivity contribution in [1.29, 1.82) is 0 Å². The maximum atomic E-state index is 12.9. The normalized spacial score (nSPS) is 14.8. The van der Waals surface area contributed by atoms with E-state index < -0.39 is 25.1 Å². The molecule has 0 fully saturated rings. The smallest absolute Gasteiger partial charge is 0.371 e. The zero-order chi connectivity index (χ0) is 12.3. The van der Waals surface area contributed by atoms with Crippen LogP contribution in [0.15, 0.2) is 0 Å². The van der Waals surface area contributed by atoms with Crippen LogP contribution in [0.1, 0.15) is 33.6 Å². The van der Waals surface area contributed by atoms with Crippen LogP contribution < -0.4 is 0 Å². The van der Waals surface area contributed by atoms with Crippen LogP contribution in [-0.2, 0) is 14.1 Å². The Morgan fingerprint density at radius 3 is 2.13 bits per heavy atom. The lowest BCUT2D eigenvalue weighted by Gasteiger charge is -2.27. The number of hydrogen-bond acceptors (Lipinski definition) is 3. The van der Waals surface area contributed by atoms with Gasteiger partial charge in [0.15, 0.2) is 0 Å². The molecule has 0 aromatic heterocycles. The highest BCUT2D eigenvalue weighted by Gasteiger charge is 2.40. The maximum Gasteiger partial charge on any atom is 0.371 e. The Balaban J connectivity index is 4.57. The molecule has 0 saturated carbocycles. The summed E-state index contributed by atoms with van der Waals surface area (Å²) in [6.07, 6.45) is 0.895. The predicted octanol–water partition coefficient (Wildman–Crippen LogP) is 1.58. The summed E-state index contributed by atoms with van der Waals surface area (Å²) in [6.45, 7) is 5.06. The molecule has 7 heteroatoms. The first-order valence-electron chi connectivity index (χ1n) is 4.58. The maximum absolute atomic E-state index is 12.9. The average Bonchev–Trinajstić information content (AvgIpc) is 2.15. The van der Waals surface area contributed by atoms with Gasteiger partial charge >= 0.3 is 13.6 Å². The molecule has 0 aromatic rings. The van der Waals surface area contributed by atoms with Gasteiger partial charge in [-0.3, -0.25) is 4.57 Å². The fraction of sp³-hybridized carbons (Fsp3) is 0.875. The number of ether oxygens (including phenoxy) is 1. The monoisotopic (exact) mass is 242 g/mol. The van der Waals surface area contributed by atoms with Gasteiger partial charge in [0, 0.05) is 0 Å². The minimum absolute atomic E-state index is 0.448. The van der Waals surface area contributed by atoms with Crippen molar-refractivity contribution in [2.45, 2.75) is 45.1 Å². The lowest BCUT2D eigenvalue weighted by molar-refractivity contribution is -0.162. The first-order chi connectivity index (χ1) is 6.66. The first kappa shape index (κ1) is 14.6. The topological polar surface area (TPSA) is 83.8 Å². The lowest BCUT2D eigenvalue weighted by Crippen LogP contribution is -2.33. The van der Waals surface area contributed by atoms with E-state index >= 15 is 0 Å². The van der Waals surface area contributed by atoms with Gasteiger partial charge in [0.05, 0.1) is 0 Å². The van der Waals surface area contributed by atoms with E-state index in [1.807, 2.05) is 0 Å². The largest absolute Gasteiger partial charge is 0.457 e. The Labute approximate surface area is 87.8 Å². The van der Waals surface area contributed by atoms with E-state index in [9.17, 15) is 13.8 Å². The standard InChI is InChI=1S/C8H16FO5P/c1-4-8(3,5-2)14-7(10)6(9)15(11,12)13/h6H,4-5H2,1-3H3,(H2,11,12,13). The van der Waals surface area contributed by atoms with E-state index in [-0.39, 0.29) is 0 Å². The third kappa shape index (κ3) is 4.28. The molecular weight excluding hydrogens is 226 g/mol. The van der Waals surface area contributed by atoms with Crippen molar-refractivity contribution in [2.24, 2.45) is 0 Å². The summed E-state index contributed by atoms with van der Waals surface area (Å²) in [6, 6.07) is 0. The van der Waals surface area contributed by atoms with Gasteiger partial charge in [-0.1, -0.05) is 13.8 Å². The summed E-state index contributed by atoms with van der Waals surface area (Å²) in [5.41, 5.74) is -0.878. The summed E-state index contributed by atoms with van der Waals surface area (Å²) in [4.78, 5) is 27.9. The van der Waals surface area contributed by atoms with Crippen LogP contribution in [0.5, 0.6) is 0 Å². The fourth-order valence-corrected chi connectivity index (χ4v) is 1.15. The summed E-state index contributed by atoms with van der Waals surface area (Å²) in [7, 11) is -5.06. The molecule has 5 nitrogen and oxygen atoms in total. The average molecular weight is 242 g/mol. The molecule has 0 bridgehead atoms. The molecule has 0 aromatic carbocycles. The zero-order valence-electron chi connectivity index (χ0n) is 8.94. The van der Waals surface area contributed by atoms with Gasteiger partial charge in [-0.15, -0.1) is 0 Å². The van der Waals surface area contributed by atoms with Gasteiger partial charge in [0.2, 0.25) is 0 Å². The van der Waals surface area contributed by atoms with E-state index in [0.29, 0.717) is 12.8 Å². The molecule has 0 radical (unpaired) electrons. The molecule has 2 N–H and O–H groups in total. The minimum Gasteiger partial charge on any atom is -0.457 e. The van der Waals surface area contributed by atoms with Crippen LogP contribution in [-0.4, -0.2) is 27.3 Å². The van der Waals surface area contributed by atoms with E-state index in [0.717, 1.165) is 0 Å². The molecular formula is C8H16FO5P. The molecule has 0 aliphatic heterocycles. The number of alkyl halides is 1. The van der Waals surface area contributed by atoms with Crippen LogP contribution in [0.25, 0.3) is 0 Å². The van der Waals surface area contributed by atoms with Gasteiger partial charge in [-0.2, -0.15) is 0 Å². The number of rotatable bonds is 5. The molecule has 0 rings (SSSR count). The van der Waals surface area contributed by atoms with Gasteiger partial charge < -0.3 is 14.5 Å². The van der Waals surface area contributed by atoms with Crippen molar-refractivity contribution < 1.29 is 28.3 Å². The Hall–Kier alpha value is -0.450. The molecule has 90 valence electrons. The summed E-state index contributed by atoms with van der Waals surface area (Å²) in [5.74, 6) is -4.40. The first-order valence-corrected chi connectivity index (χ1v) is 6.26. The van der Waals surface area contributed by atoms with Crippen LogP contribution in [0.2, 0.25) is 0 Å². The molecule has 1 unspecified atom stereocenters. The van der Waals surface area contributed by atoms with Crippen LogP contribution in [0.4, 0.5) is 4.39 Å². The second kappa shape index (κ2) is 5.05. The van der Waals surface area contributed by atoms with Crippen molar-refractivity contribution in [3.8, 4) is 0 Å². The van der Waals surface area contributed by atoms with Crippen LogP contribution in [0.3, 0.4) is 0 Å². The molecule has 15 heavy (non-hydrogen) atoms. The second-order valence-electron chi connectivity index (χ2n) is 3.50. The highest BCUT2D eigenvalue weighted by Crippen LogP contribution is 2.43. The van der Waals surface area contributed by atoms with Crippen molar-refractivity contribution in [3.05, 3.63) is 0 Å². The quantitative estimate of drug-likeness (QED) is 0.564.